The van der Waals surface area contributed by atoms with Gasteiger partial charge in [0.15, 0.2) is 0 Å². The predicted octanol–water partition coefficient (Wildman–Crippen LogP) is 6.31. The molecule has 0 aromatic heterocycles. The number of nitrogens with zero attached hydrogens (tertiary/aromatic N) is 1. The third-order valence-electron chi connectivity index (χ3n) is 6.21. The van der Waals surface area contributed by atoms with Crippen LogP contribution in [0.4, 0.5) is 30.2 Å². The summed E-state index contributed by atoms with van der Waals surface area (Å²) in [7, 11) is -7.13. The number of benzene rings is 4. The van der Waals surface area contributed by atoms with Gasteiger partial charge in [0.05, 0.1) is 33.2 Å². The molecule has 0 spiro atoms. The van der Waals surface area contributed by atoms with Gasteiger partial charge < -0.3 is 10.1 Å². The SMILES string of the molecule is COc1ccc(N(CC(=O)Nc2ccc(S(=O)(=O)Nc3cccc(C(F)(F)F)c3)cc2)S(=O)(=O)c2ccc(C)cc2)cc1Cl. The monoisotopic (exact) mass is 667 g/mol. The number of nitrogens with one attached hydrogen (secondary N) is 2. The Labute approximate surface area is 257 Å². The molecule has 232 valence electrons. The third kappa shape index (κ3) is 7.62. The Morgan fingerprint density at radius 3 is 2.09 bits per heavy atom. The first-order chi connectivity index (χ1) is 20.6. The number of anilines is 3. The molecule has 0 heterocycles. The number of amides is 1. The van der Waals surface area contributed by atoms with Crippen molar-refractivity contribution in [3.63, 3.8) is 0 Å². The van der Waals surface area contributed by atoms with Crippen molar-refractivity contribution in [3.05, 3.63) is 107 Å². The second-order valence-electron chi connectivity index (χ2n) is 9.40. The van der Waals surface area contributed by atoms with Crippen molar-refractivity contribution in [1.29, 1.82) is 0 Å². The Bertz CT molecular complexity index is 1890. The molecule has 0 unspecified atom stereocenters. The summed E-state index contributed by atoms with van der Waals surface area (Å²) in [5, 5.41) is 2.64. The minimum atomic E-state index is -4.66. The number of ether oxygens (including phenoxy) is 1. The number of aryl methyl sites for hydroxylation is 1. The molecule has 4 rings (SSSR count). The molecule has 15 heteroatoms. The summed E-state index contributed by atoms with van der Waals surface area (Å²) >= 11 is 6.24. The standard InChI is InChI=1S/C29H25ClF3N3O6S2/c1-19-6-11-25(12-7-19)44(40,41)36(23-10-15-27(42-2)26(30)17-23)18-28(37)34-21-8-13-24(14-9-21)43(38,39)35-22-5-3-4-20(16-22)29(31,32)33/h3-17,35H,18H2,1-2H3,(H,34,37). The average molecular weight is 668 g/mol. The van der Waals surface area contributed by atoms with Gasteiger partial charge in [-0.25, -0.2) is 16.8 Å². The van der Waals surface area contributed by atoms with Crippen molar-refractivity contribution in [1.82, 2.24) is 0 Å². The molecule has 9 nitrogen and oxygen atoms in total. The van der Waals surface area contributed by atoms with Crippen LogP contribution in [0.15, 0.2) is 101 Å². The molecule has 0 aliphatic rings. The van der Waals surface area contributed by atoms with Crippen LogP contribution in [0.1, 0.15) is 11.1 Å². The first-order valence-electron chi connectivity index (χ1n) is 12.6. The zero-order chi connectivity index (χ0) is 32.3. The Kier molecular flexibility index (Phi) is 9.47. The van der Waals surface area contributed by atoms with Gasteiger partial charge in [-0.2, -0.15) is 13.2 Å². The minimum Gasteiger partial charge on any atom is -0.495 e. The number of halogens is 4. The maximum atomic E-state index is 13.6. The molecule has 0 saturated carbocycles. The van der Waals surface area contributed by atoms with Crippen LogP contribution in [0.3, 0.4) is 0 Å². The first kappa shape index (κ1) is 32.6. The van der Waals surface area contributed by atoms with Gasteiger partial charge in [0.1, 0.15) is 12.3 Å². The second kappa shape index (κ2) is 12.8. The van der Waals surface area contributed by atoms with Gasteiger partial charge in [-0.1, -0.05) is 35.4 Å². The van der Waals surface area contributed by atoms with E-state index in [1.165, 1.54) is 55.6 Å². The highest BCUT2D eigenvalue weighted by atomic mass is 35.5. The molecule has 0 aliphatic heterocycles. The van der Waals surface area contributed by atoms with Gasteiger partial charge in [-0.15, -0.1) is 0 Å². The number of carbonyl (C=O) groups is 1. The minimum absolute atomic E-state index is 0.0642. The average Bonchev–Trinajstić information content (AvgIpc) is 2.96. The maximum absolute atomic E-state index is 13.6. The van der Waals surface area contributed by atoms with E-state index < -0.39 is 44.2 Å². The molecule has 4 aromatic rings. The molecule has 0 bridgehead atoms. The quantitative estimate of drug-likeness (QED) is 0.204. The van der Waals surface area contributed by atoms with Crippen LogP contribution in [0.25, 0.3) is 0 Å². The van der Waals surface area contributed by atoms with E-state index in [1.807, 2.05) is 0 Å². The number of carbonyl (C=O) groups excluding carboxylic acids is 1. The van der Waals surface area contributed by atoms with E-state index in [0.717, 1.165) is 34.1 Å². The van der Waals surface area contributed by atoms with Gasteiger partial charge in [0.2, 0.25) is 5.91 Å². The van der Waals surface area contributed by atoms with Crippen molar-refractivity contribution >= 4 is 54.6 Å². The molecular formula is C29H25ClF3N3O6S2. The zero-order valence-electron chi connectivity index (χ0n) is 23.1. The normalized spacial score (nSPS) is 12.0. The van der Waals surface area contributed by atoms with E-state index in [2.05, 4.69) is 10.0 Å². The maximum Gasteiger partial charge on any atom is 0.416 e. The van der Waals surface area contributed by atoms with Crippen LogP contribution in [-0.2, 0) is 31.0 Å². The highest BCUT2D eigenvalue weighted by Crippen LogP contribution is 2.33. The van der Waals surface area contributed by atoms with E-state index in [1.54, 1.807) is 19.1 Å². The summed E-state index contributed by atoms with van der Waals surface area (Å²) in [6, 6.07) is 18.8. The molecular weight excluding hydrogens is 643 g/mol. The Balaban J connectivity index is 1.54. The fourth-order valence-corrected chi connectivity index (χ4v) is 6.70. The lowest BCUT2D eigenvalue weighted by Crippen LogP contribution is -2.38. The lowest BCUT2D eigenvalue weighted by Gasteiger charge is -2.24. The van der Waals surface area contributed by atoms with Crippen molar-refractivity contribution in [2.75, 3.05) is 28.0 Å². The van der Waals surface area contributed by atoms with Gasteiger partial charge in [0.25, 0.3) is 20.0 Å². The van der Waals surface area contributed by atoms with Crippen LogP contribution < -0.4 is 19.1 Å². The highest BCUT2D eigenvalue weighted by Gasteiger charge is 2.31. The van der Waals surface area contributed by atoms with Crippen molar-refractivity contribution in [2.45, 2.75) is 22.9 Å². The van der Waals surface area contributed by atoms with Crippen LogP contribution in [0.5, 0.6) is 5.75 Å². The molecule has 0 fully saturated rings. The molecule has 1 amide bonds. The van der Waals surface area contributed by atoms with E-state index >= 15 is 0 Å². The fourth-order valence-electron chi connectivity index (χ4n) is 3.98. The molecule has 0 saturated heterocycles. The van der Waals surface area contributed by atoms with Crippen molar-refractivity contribution < 1.29 is 39.5 Å². The number of rotatable bonds is 10. The number of hydrogen-bond acceptors (Lipinski definition) is 6. The Hall–Kier alpha value is -4.27. The molecule has 4 aromatic carbocycles. The van der Waals surface area contributed by atoms with Gasteiger partial charge in [0, 0.05) is 11.4 Å². The zero-order valence-corrected chi connectivity index (χ0v) is 25.5. The highest BCUT2D eigenvalue weighted by molar-refractivity contribution is 7.93. The third-order valence-corrected chi connectivity index (χ3v) is 9.69. The summed E-state index contributed by atoms with van der Waals surface area (Å²) in [5.41, 5.74) is -0.254. The Morgan fingerprint density at radius 1 is 0.864 bits per heavy atom. The Morgan fingerprint density at radius 2 is 1.50 bits per heavy atom. The van der Waals surface area contributed by atoms with Crippen LogP contribution in [0.2, 0.25) is 5.02 Å². The van der Waals surface area contributed by atoms with E-state index in [9.17, 15) is 34.8 Å². The molecule has 0 atom stereocenters. The summed E-state index contributed by atoms with van der Waals surface area (Å²) in [6.45, 7) is 1.12. The van der Waals surface area contributed by atoms with Crippen molar-refractivity contribution in [3.8, 4) is 5.75 Å². The van der Waals surface area contributed by atoms with Crippen LogP contribution in [0, 0.1) is 6.92 Å². The number of methoxy groups -OCH3 is 1. The first-order valence-corrected chi connectivity index (χ1v) is 15.9. The van der Waals surface area contributed by atoms with Crippen molar-refractivity contribution in [2.24, 2.45) is 0 Å². The van der Waals surface area contributed by atoms with Crippen LogP contribution in [-0.4, -0.2) is 36.4 Å². The lowest BCUT2D eigenvalue weighted by atomic mass is 10.2. The van der Waals surface area contributed by atoms with E-state index in [-0.39, 0.29) is 31.9 Å². The summed E-state index contributed by atoms with van der Waals surface area (Å²) in [5.74, 6) is -0.463. The molecule has 0 aliphatic carbocycles. The summed E-state index contributed by atoms with van der Waals surface area (Å²) in [6.07, 6.45) is -4.66. The van der Waals surface area contributed by atoms with Gasteiger partial charge >= 0.3 is 6.18 Å². The molecule has 0 radical (unpaired) electrons. The van der Waals surface area contributed by atoms with E-state index in [0.29, 0.717) is 11.8 Å². The number of sulfonamides is 2. The van der Waals surface area contributed by atoms with Gasteiger partial charge in [-0.05, 0) is 79.7 Å². The number of hydrogen-bond donors (Lipinski definition) is 2. The fraction of sp³-hybridized carbons (Fsp3) is 0.138. The molecule has 44 heavy (non-hydrogen) atoms. The topological polar surface area (TPSA) is 122 Å². The van der Waals surface area contributed by atoms with Crippen LogP contribution >= 0.6 is 11.6 Å². The van der Waals surface area contributed by atoms with E-state index in [4.69, 9.17) is 16.3 Å². The lowest BCUT2D eigenvalue weighted by molar-refractivity contribution is -0.137. The number of alkyl halides is 3. The smallest absolute Gasteiger partial charge is 0.416 e. The van der Waals surface area contributed by atoms with Gasteiger partial charge in [-0.3, -0.25) is 13.8 Å². The summed E-state index contributed by atoms with van der Waals surface area (Å²) < 4.78 is 99.9. The largest absolute Gasteiger partial charge is 0.495 e. The summed E-state index contributed by atoms with van der Waals surface area (Å²) in [4.78, 5) is 12.7. The molecule has 2 N–H and O–H groups in total. The second-order valence-corrected chi connectivity index (χ2v) is 13.4. The predicted molar refractivity (Wildman–Crippen MR) is 161 cm³/mol.